The second-order valence-corrected chi connectivity index (χ2v) is 21.1. The van der Waals surface area contributed by atoms with Crippen molar-refractivity contribution in [2.75, 3.05) is 0 Å². The van der Waals surface area contributed by atoms with Crippen molar-refractivity contribution < 1.29 is 9.59 Å². The summed E-state index contributed by atoms with van der Waals surface area (Å²) in [5.41, 5.74) is 0. The SMILES string of the molecule is CCCCCCCCC=CCCCCCCCC(C(=O)CCCCCCCCCCCCCCCCCCCCC)C(=O)CCCCCCCCCCCCCCCCCCCCC. The van der Waals surface area contributed by atoms with E-state index in [-0.39, 0.29) is 17.5 Å². The molecule has 0 aliphatic heterocycles. The molecule has 2 heteroatoms. The van der Waals surface area contributed by atoms with Crippen LogP contribution in [0.5, 0.6) is 0 Å². The number of rotatable bonds is 57. The number of allylic oxidation sites excluding steroid dienone is 2. The van der Waals surface area contributed by atoms with Crippen LogP contribution in [0.4, 0.5) is 0 Å². The number of unbranched alkanes of at least 4 members (excludes halogenated alkanes) is 47. The molecule has 0 bridgehead atoms. The highest BCUT2D eigenvalue weighted by molar-refractivity contribution is 6.02. The lowest BCUT2D eigenvalue weighted by atomic mass is 9.87. The first-order valence-corrected chi connectivity index (χ1v) is 30.4. The van der Waals surface area contributed by atoms with Crippen molar-refractivity contribution in [3.63, 3.8) is 0 Å². The van der Waals surface area contributed by atoms with Crippen molar-refractivity contribution in [2.24, 2.45) is 5.92 Å². The van der Waals surface area contributed by atoms with Crippen molar-refractivity contribution in [1.82, 2.24) is 0 Å². The second kappa shape index (κ2) is 56.4. The van der Waals surface area contributed by atoms with Gasteiger partial charge in [0.05, 0.1) is 5.92 Å². The van der Waals surface area contributed by atoms with Gasteiger partial charge in [0.25, 0.3) is 0 Å². The molecule has 0 unspecified atom stereocenters. The van der Waals surface area contributed by atoms with Crippen molar-refractivity contribution in [2.45, 2.75) is 367 Å². The van der Waals surface area contributed by atoms with Crippen LogP contribution in [-0.4, -0.2) is 11.6 Å². The van der Waals surface area contributed by atoms with Gasteiger partial charge in [0.2, 0.25) is 0 Å². The number of hydrogen-bond donors (Lipinski definition) is 0. The molecule has 0 saturated carbocycles. The van der Waals surface area contributed by atoms with Crippen LogP contribution >= 0.6 is 0 Å². The summed E-state index contributed by atoms with van der Waals surface area (Å²) in [6.07, 6.45) is 75.5. The Morgan fingerprint density at radius 1 is 0.250 bits per heavy atom. The van der Waals surface area contributed by atoms with Crippen LogP contribution in [0.15, 0.2) is 12.2 Å². The highest BCUT2D eigenvalue weighted by Gasteiger charge is 2.24. The van der Waals surface area contributed by atoms with Crippen LogP contribution < -0.4 is 0 Å². The average molecular weight is 898 g/mol. The fourth-order valence-corrected chi connectivity index (χ4v) is 10.0. The zero-order valence-corrected chi connectivity index (χ0v) is 44.7. The first-order chi connectivity index (χ1) is 31.7. The van der Waals surface area contributed by atoms with Gasteiger partial charge in [-0.05, 0) is 44.9 Å². The largest absolute Gasteiger partial charge is 0.299 e. The van der Waals surface area contributed by atoms with Gasteiger partial charge in [0.1, 0.15) is 11.6 Å². The van der Waals surface area contributed by atoms with E-state index in [0.29, 0.717) is 12.8 Å². The van der Waals surface area contributed by atoms with Crippen molar-refractivity contribution >= 4 is 11.6 Å². The van der Waals surface area contributed by atoms with E-state index in [1.54, 1.807) is 0 Å². The summed E-state index contributed by atoms with van der Waals surface area (Å²) >= 11 is 0. The molecule has 64 heavy (non-hydrogen) atoms. The number of Topliss-reactive ketones (excluding diaryl/α,β-unsaturated/α-hetero) is 2. The molecular formula is C62H120O2. The first kappa shape index (κ1) is 63.1. The normalized spacial score (nSPS) is 11.8. The number of carbonyl (C=O) groups is 2. The van der Waals surface area contributed by atoms with E-state index in [1.807, 2.05) is 0 Å². The molecule has 0 aliphatic rings. The predicted molar refractivity (Wildman–Crippen MR) is 289 cm³/mol. The van der Waals surface area contributed by atoms with E-state index in [1.165, 1.54) is 289 Å². The van der Waals surface area contributed by atoms with Gasteiger partial charge < -0.3 is 0 Å². The van der Waals surface area contributed by atoms with Crippen LogP contribution in [0.25, 0.3) is 0 Å². The molecule has 0 amide bonds. The van der Waals surface area contributed by atoms with Crippen molar-refractivity contribution in [1.29, 1.82) is 0 Å². The van der Waals surface area contributed by atoms with E-state index in [2.05, 4.69) is 32.9 Å². The molecule has 0 spiro atoms. The van der Waals surface area contributed by atoms with Gasteiger partial charge in [-0.25, -0.2) is 0 Å². The Kier molecular flexibility index (Phi) is 55.6. The van der Waals surface area contributed by atoms with Gasteiger partial charge in [-0.3, -0.25) is 9.59 Å². The van der Waals surface area contributed by atoms with Gasteiger partial charge in [0.15, 0.2) is 0 Å². The van der Waals surface area contributed by atoms with E-state index in [0.717, 1.165) is 44.9 Å². The fourth-order valence-electron chi connectivity index (χ4n) is 10.0. The third-order valence-corrected chi connectivity index (χ3v) is 14.6. The van der Waals surface area contributed by atoms with E-state index < -0.39 is 0 Å². The predicted octanol–water partition coefficient (Wildman–Crippen LogP) is 22.4. The first-order valence-electron chi connectivity index (χ1n) is 30.4. The number of ketones is 2. The van der Waals surface area contributed by atoms with Gasteiger partial charge in [0, 0.05) is 12.8 Å². The Bertz CT molecular complexity index is 866. The Morgan fingerprint density at radius 3 is 0.672 bits per heavy atom. The van der Waals surface area contributed by atoms with Gasteiger partial charge in [-0.2, -0.15) is 0 Å². The van der Waals surface area contributed by atoms with E-state index >= 15 is 0 Å². The lowest BCUT2D eigenvalue weighted by molar-refractivity contribution is -0.133. The van der Waals surface area contributed by atoms with Crippen LogP contribution in [0.1, 0.15) is 367 Å². The molecule has 0 N–H and O–H groups in total. The molecular weight excluding hydrogens is 777 g/mol. The summed E-state index contributed by atoms with van der Waals surface area (Å²) in [7, 11) is 0. The maximum atomic E-state index is 13.5. The highest BCUT2D eigenvalue weighted by Crippen LogP contribution is 2.22. The summed E-state index contributed by atoms with van der Waals surface area (Å²) in [5, 5.41) is 0. The third-order valence-electron chi connectivity index (χ3n) is 14.6. The molecule has 0 radical (unpaired) electrons. The van der Waals surface area contributed by atoms with E-state index in [4.69, 9.17) is 0 Å². The summed E-state index contributed by atoms with van der Waals surface area (Å²) < 4.78 is 0. The lowest BCUT2D eigenvalue weighted by Crippen LogP contribution is -2.24. The highest BCUT2D eigenvalue weighted by atomic mass is 16.1. The summed E-state index contributed by atoms with van der Waals surface area (Å²) in [5.74, 6) is 0.214. The molecule has 2 nitrogen and oxygen atoms in total. The Morgan fingerprint density at radius 2 is 0.438 bits per heavy atom. The molecule has 0 aromatic rings. The number of hydrogen-bond acceptors (Lipinski definition) is 2. The van der Waals surface area contributed by atoms with Gasteiger partial charge in [-0.15, -0.1) is 0 Å². The quantitative estimate of drug-likeness (QED) is 0.0346. The zero-order valence-electron chi connectivity index (χ0n) is 44.7. The van der Waals surface area contributed by atoms with Crippen molar-refractivity contribution in [3.8, 4) is 0 Å². The second-order valence-electron chi connectivity index (χ2n) is 21.1. The Labute approximate surface area is 405 Å². The minimum atomic E-state index is -0.323. The Hall–Kier alpha value is -0.920. The third kappa shape index (κ3) is 50.5. The number of carbonyl (C=O) groups excluding carboxylic acids is 2. The topological polar surface area (TPSA) is 34.1 Å². The van der Waals surface area contributed by atoms with Crippen LogP contribution in [0.2, 0.25) is 0 Å². The zero-order chi connectivity index (χ0) is 46.3. The van der Waals surface area contributed by atoms with Crippen LogP contribution in [0, 0.1) is 5.92 Å². The molecule has 0 aliphatic carbocycles. The fraction of sp³-hybridized carbons (Fsp3) is 0.935. The minimum absolute atomic E-state index is 0.269. The summed E-state index contributed by atoms with van der Waals surface area (Å²) in [4.78, 5) is 27.0. The molecule has 0 aromatic heterocycles. The van der Waals surface area contributed by atoms with Crippen LogP contribution in [-0.2, 0) is 9.59 Å². The molecule has 0 atom stereocenters. The summed E-state index contributed by atoms with van der Waals surface area (Å²) in [6, 6.07) is 0. The maximum absolute atomic E-state index is 13.5. The monoisotopic (exact) mass is 897 g/mol. The molecule has 0 rings (SSSR count). The lowest BCUT2D eigenvalue weighted by Gasteiger charge is -2.15. The van der Waals surface area contributed by atoms with Crippen molar-refractivity contribution in [3.05, 3.63) is 12.2 Å². The standard InChI is InChI=1S/C62H120O2/c1-4-7-10-13-16-19-22-25-28-30-32-34-37-40-43-46-49-52-55-58-61(63)60(57-54-51-48-45-42-39-36-27-24-21-18-15-12-9-6-3)62(64)59-56-53-50-47-44-41-38-35-33-31-29-26-23-20-17-14-11-8-5-2/h27,36,60H,4-26,28-35,37-59H2,1-3H3. The maximum Gasteiger partial charge on any atom is 0.143 e. The Balaban J connectivity index is 4.20. The summed E-state index contributed by atoms with van der Waals surface area (Å²) in [6.45, 7) is 6.89. The smallest absolute Gasteiger partial charge is 0.143 e. The minimum Gasteiger partial charge on any atom is -0.299 e. The van der Waals surface area contributed by atoms with Gasteiger partial charge in [-0.1, -0.05) is 322 Å². The molecule has 380 valence electrons. The average Bonchev–Trinajstić information content (AvgIpc) is 3.30. The molecule has 0 fully saturated rings. The van der Waals surface area contributed by atoms with Crippen LogP contribution in [0.3, 0.4) is 0 Å². The van der Waals surface area contributed by atoms with Gasteiger partial charge >= 0.3 is 0 Å². The van der Waals surface area contributed by atoms with E-state index in [9.17, 15) is 9.59 Å². The molecule has 0 saturated heterocycles. The molecule has 0 heterocycles. The molecule has 0 aromatic carbocycles.